The molecule has 0 atom stereocenters. The van der Waals surface area contributed by atoms with Gasteiger partial charge in [0, 0.05) is 28.3 Å². The van der Waals surface area contributed by atoms with E-state index in [1.54, 1.807) is 24.3 Å². The van der Waals surface area contributed by atoms with Gasteiger partial charge in [0.25, 0.3) is 0 Å². The van der Waals surface area contributed by atoms with Crippen LogP contribution in [0.1, 0.15) is 32.1 Å². The number of Topliss-reactive ketones (excluding diaryl/α,β-unsaturated/α-hetero) is 2. The molecular weight excluding hydrogens is 473 g/mol. The zero-order valence-electron chi connectivity index (χ0n) is 14.9. The van der Waals surface area contributed by atoms with E-state index < -0.39 is 0 Å². The second-order valence-corrected chi connectivity index (χ2v) is 6.58. The Bertz CT molecular complexity index is 940. The summed E-state index contributed by atoms with van der Waals surface area (Å²) in [6.07, 6.45) is 0.564. The van der Waals surface area contributed by atoms with Crippen molar-refractivity contribution in [1.82, 2.24) is 0 Å². The summed E-state index contributed by atoms with van der Waals surface area (Å²) in [7, 11) is 1.89. The molecular formula is C22H19ClINO2. The number of hydrogen-bond donors (Lipinski definition) is 0. The Hall–Kier alpha value is -2.05. The van der Waals surface area contributed by atoms with Crippen molar-refractivity contribution in [2.45, 2.75) is 12.8 Å². The largest absolute Gasteiger partial charge is 1.00 e. The molecule has 0 N–H and O–H groups in total. The molecule has 3 aromatic rings. The van der Waals surface area contributed by atoms with E-state index in [0.29, 0.717) is 22.6 Å². The fraction of sp³-hybridized carbons (Fsp3) is 0.136. The van der Waals surface area contributed by atoms with Gasteiger partial charge in [0.2, 0.25) is 0 Å². The summed E-state index contributed by atoms with van der Waals surface area (Å²) in [6, 6.07) is 21.8. The predicted molar refractivity (Wildman–Crippen MR) is 102 cm³/mol. The number of carbonyl (C=O) groups excluding carboxylic acids is 2. The van der Waals surface area contributed by atoms with Gasteiger partial charge < -0.3 is 24.0 Å². The number of nitrogens with zero attached hydrogens (tertiary/aromatic N) is 1. The average Bonchev–Trinajstić information content (AvgIpc) is 2.66. The Labute approximate surface area is 181 Å². The van der Waals surface area contributed by atoms with Crippen LogP contribution in [0.4, 0.5) is 0 Å². The van der Waals surface area contributed by atoms with E-state index in [9.17, 15) is 9.59 Å². The molecule has 0 aliphatic carbocycles. The van der Waals surface area contributed by atoms with Crippen molar-refractivity contribution in [2.75, 3.05) is 0 Å². The van der Waals surface area contributed by atoms with Crippen molar-refractivity contribution in [1.29, 1.82) is 0 Å². The molecule has 0 radical (unpaired) electrons. The second kappa shape index (κ2) is 9.76. The lowest BCUT2D eigenvalue weighted by atomic mass is 10.0. The topological polar surface area (TPSA) is 38.0 Å². The highest BCUT2D eigenvalue weighted by atomic mass is 127. The van der Waals surface area contributed by atoms with Crippen molar-refractivity contribution in [2.24, 2.45) is 7.05 Å². The highest BCUT2D eigenvalue weighted by molar-refractivity contribution is 6.30. The minimum Gasteiger partial charge on any atom is -1.00 e. The first-order valence-electron chi connectivity index (χ1n) is 8.38. The molecule has 0 unspecified atom stereocenters. The Morgan fingerprint density at radius 2 is 1.22 bits per heavy atom. The van der Waals surface area contributed by atoms with Gasteiger partial charge >= 0.3 is 0 Å². The molecule has 0 fully saturated rings. The summed E-state index contributed by atoms with van der Waals surface area (Å²) in [5.41, 5.74) is 3.05. The average molecular weight is 492 g/mol. The van der Waals surface area contributed by atoms with Crippen LogP contribution < -0.4 is 28.5 Å². The van der Waals surface area contributed by atoms with E-state index in [1.165, 1.54) is 0 Å². The van der Waals surface area contributed by atoms with Gasteiger partial charge in [0.1, 0.15) is 7.05 Å². The van der Waals surface area contributed by atoms with Gasteiger partial charge in [0.15, 0.2) is 23.0 Å². The SMILES string of the molecule is C[n+]1c(CC(=O)c2ccccc2)cccc1CC(=O)c1ccc(Cl)cc1.[I-]. The molecule has 27 heavy (non-hydrogen) atoms. The molecule has 5 heteroatoms. The van der Waals surface area contributed by atoms with Crippen LogP contribution in [0.3, 0.4) is 0 Å². The number of rotatable bonds is 6. The lowest BCUT2D eigenvalue weighted by Crippen LogP contribution is -3.00. The van der Waals surface area contributed by atoms with Crippen molar-refractivity contribution >= 4 is 23.2 Å². The van der Waals surface area contributed by atoms with Crippen LogP contribution in [0, 0.1) is 0 Å². The maximum atomic E-state index is 12.5. The molecule has 0 aliphatic heterocycles. The van der Waals surface area contributed by atoms with Gasteiger partial charge in [-0.05, 0) is 30.3 Å². The van der Waals surface area contributed by atoms with Crippen LogP contribution >= 0.6 is 11.6 Å². The molecule has 138 valence electrons. The number of pyridine rings is 1. The number of aromatic nitrogens is 1. The molecule has 0 spiro atoms. The molecule has 1 heterocycles. The lowest BCUT2D eigenvalue weighted by Gasteiger charge is -2.05. The van der Waals surface area contributed by atoms with E-state index >= 15 is 0 Å². The van der Waals surface area contributed by atoms with Gasteiger partial charge in [-0.2, -0.15) is 0 Å². The van der Waals surface area contributed by atoms with Crippen LogP contribution in [0.15, 0.2) is 72.8 Å². The van der Waals surface area contributed by atoms with E-state index in [2.05, 4.69) is 0 Å². The maximum Gasteiger partial charge on any atom is 0.189 e. The zero-order valence-corrected chi connectivity index (χ0v) is 17.8. The van der Waals surface area contributed by atoms with Crippen LogP contribution in [-0.4, -0.2) is 11.6 Å². The van der Waals surface area contributed by atoms with Crippen molar-refractivity contribution in [3.63, 3.8) is 0 Å². The minimum absolute atomic E-state index is 0. The predicted octanol–water partition coefficient (Wildman–Crippen LogP) is 1.02. The molecule has 2 aromatic carbocycles. The Morgan fingerprint density at radius 1 is 0.741 bits per heavy atom. The number of carbonyl (C=O) groups is 2. The first-order valence-corrected chi connectivity index (χ1v) is 8.76. The van der Waals surface area contributed by atoms with Gasteiger partial charge in [-0.25, -0.2) is 4.57 Å². The van der Waals surface area contributed by atoms with Crippen molar-refractivity contribution in [3.05, 3.63) is 100 Å². The summed E-state index contributed by atoms with van der Waals surface area (Å²) >= 11 is 5.87. The third-order valence-electron chi connectivity index (χ3n) is 4.38. The zero-order chi connectivity index (χ0) is 18.5. The Balaban J connectivity index is 0.00000261. The lowest BCUT2D eigenvalue weighted by molar-refractivity contribution is -0.685. The van der Waals surface area contributed by atoms with Gasteiger partial charge in [0.05, 0.1) is 12.8 Å². The Morgan fingerprint density at radius 3 is 1.74 bits per heavy atom. The number of halogens is 2. The highest BCUT2D eigenvalue weighted by Crippen LogP contribution is 2.12. The molecule has 0 amide bonds. The van der Waals surface area contributed by atoms with Crippen molar-refractivity contribution in [3.8, 4) is 0 Å². The molecule has 1 aromatic heterocycles. The summed E-state index contributed by atoms with van der Waals surface area (Å²) < 4.78 is 1.93. The van der Waals surface area contributed by atoms with Crippen LogP contribution in [0.5, 0.6) is 0 Å². The second-order valence-electron chi connectivity index (χ2n) is 6.14. The van der Waals surface area contributed by atoms with E-state index in [4.69, 9.17) is 11.6 Å². The third kappa shape index (κ3) is 5.47. The normalized spacial score (nSPS) is 10.1. The van der Waals surface area contributed by atoms with Gasteiger partial charge in [-0.15, -0.1) is 0 Å². The summed E-state index contributed by atoms with van der Waals surface area (Å²) in [6.45, 7) is 0. The third-order valence-corrected chi connectivity index (χ3v) is 4.64. The monoisotopic (exact) mass is 491 g/mol. The number of ketones is 2. The molecule has 0 saturated heterocycles. The maximum absolute atomic E-state index is 12.5. The van der Waals surface area contributed by atoms with E-state index in [0.717, 1.165) is 11.4 Å². The van der Waals surface area contributed by atoms with E-state index in [1.807, 2.05) is 60.1 Å². The summed E-state index contributed by atoms with van der Waals surface area (Å²) in [5.74, 6) is 0.0752. The molecule has 0 saturated carbocycles. The number of benzene rings is 2. The van der Waals surface area contributed by atoms with E-state index in [-0.39, 0.29) is 42.0 Å². The fourth-order valence-corrected chi connectivity index (χ4v) is 2.95. The minimum atomic E-state index is 0. The molecule has 3 nitrogen and oxygen atoms in total. The smallest absolute Gasteiger partial charge is 0.189 e. The standard InChI is InChI=1S/C22H19ClNO2.HI/c1-24-19(14-21(25)16-6-3-2-4-7-16)8-5-9-20(24)15-22(26)17-10-12-18(23)13-11-17;/h2-13H,14-15H2,1H3;1H/q+1;/p-1. The molecule has 3 rings (SSSR count). The Kier molecular flexibility index (Phi) is 7.68. The highest BCUT2D eigenvalue weighted by Gasteiger charge is 2.19. The van der Waals surface area contributed by atoms with Gasteiger partial charge in [-0.3, -0.25) is 9.59 Å². The number of hydrogen-bond acceptors (Lipinski definition) is 2. The van der Waals surface area contributed by atoms with Crippen molar-refractivity contribution < 1.29 is 38.1 Å². The van der Waals surface area contributed by atoms with Crippen LogP contribution in [0.25, 0.3) is 0 Å². The first kappa shape index (κ1) is 21.3. The van der Waals surface area contributed by atoms with Crippen LogP contribution in [-0.2, 0) is 19.9 Å². The molecule has 0 aliphatic rings. The summed E-state index contributed by atoms with van der Waals surface area (Å²) in [4.78, 5) is 25.0. The fourth-order valence-electron chi connectivity index (χ4n) is 2.83. The summed E-state index contributed by atoms with van der Waals surface area (Å²) in [5, 5.41) is 0.605. The van der Waals surface area contributed by atoms with Gasteiger partial charge in [-0.1, -0.05) is 41.9 Å². The molecule has 0 bridgehead atoms. The first-order chi connectivity index (χ1) is 12.5. The quantitative estimate of drug-likeness (QED) is 0.293. The van der Waals surface area contributed by atoms with Crippen LogP contribution in [0.2, 0.25) is 5.02 Å².